The van der Waals surface area contributed by atoms with Crippen LogP contribution in [0.2, 0.25) is 0 Å². The monoisotopic (exact) mass is 382 g/mol. The lowest BCUT2D eigenvalue weighted by Crippen LogP contribution is -2.38. The molecule has 1 aliphatic heterocycles. The molecule has 2 amide bonds. The Hall–Kier alpha value is -2.20. The molecule has 1 aromatic heterocycles. The molecule has 0 spiro atoms. The van der Waals surface area contributed by atoms with Crippen LogP contribution in [0.25, 0.3) is 0 Å². The summed E-state index contributed by atoms with van der Waals surface area (Å²) < 4.78 is 25.1. The number of rotatable bonds is 4. The maximum absolute atomic E-state index is 12.5. The Morgan fingerprint density at radius 3 is 2.65 bits per heavy atom. The first kappa shape index (κ1) is 18.6. The first-order chi connectivity index (χ1) is 12.2. The third kappa shape index (κ3) is 3.03. The molecule has 1 saturated heterocycles. The zero-order valence-corrected chi connectivity index (χ0v) is 15.5. The van der Waals surface area contributed by atoms with Gasteiger partial charge < -0.3 is 10.0 Å². The van der Waals surface area contributed by atoms with Crippen molar-refractivity contribution in [2.75, 3.05) is 32.5 Å². The highest BCUT2D eigenvalue weighted by Crippen LogP contribution is 2.48. The molecule has 3 rings (SSSR count). The number of carboxylic acid groups (broad SMARTS) is 1. The molecule has 0 bridgehead atoms. The van der Waals surface area contributed by atoms with Gasteiger partial charge in [-0.1, -0.05) is 6.42 Å². The smallest absolute Gasteiger partial charge is 0.323 e. The molecule has 0 radical (unpaired) electrons. The van der Waals surface area contributed by atoms with Crippen LogP contribution >= 0.6 is 0 Å². The van der Waals surface area contributed by atoms with Crippen LogP contribution in [0, 0.1) is 11.3 Å². The second-order valence-corrected chi connectivity index (χ2v) is 9.18. The number of carboxylic acids is 1. The van der Waals surface area contributed by atoms with Crippen LogP contribution in [-0.2, 0) is 14.8 Å². The summed E-state index contributed by atoms with van der Waals surface area (Å²) >= 11 is 0. The molecule has 0 unspecified atom stereocenters. The van der Waals surface area contributed by atoms with E-state index in [1.165, 1.54) is 37.3 Å². The predicted molar refractivity (Wildman–Crippen MR) is 93.1 cm³/mol. The lowest BCUT2D eigenvalue weighted by Gasteiger charge is -2.23. The number of sulfonamides is 1. The maximum Gasteiger partial charge on any atom is 0.323 e. The third-order valence-corrected chi connectivity index (χ3v) is 7.13. The molecule has 2 N–H and O–H groups in total. The Labute approximate surface area is 152 Å². The number of nitrogens with one attached hydrogen (secondary N) is 1. The van der Waals surface area contributed by atoms with Crippen molar-refractivity contribution in [3.05, 3.63) is 18.3 Å². The Bertz CT molecular complexity index is 824. The van der Waals surface area contributed by atoms with Crippen LogP contribution in [-0.4, -0.2) is 66.9 Å². The molecular weight excluding hydrogens is 360 g/mol. The highest BCUT2D eigenvalue weighted by atomic mass is 32.2. The number of fused-ring (bicyclic) bond motifs is 1. The Morgan fingerprint density at radius 1 is 1.38 bits per heavy atom. The summed E-state index contributed by atoms with van der Waals surface area (Å²) in [5.74, 6) is -0.646. The molecular formula is C16H22N4O5S. The van der Waals surface area contributed by atoms with Crippen molar-refractivity contribution in [1.29, 1.82) is 0 Å². The fourth-order valence-electron chi connectivity index (χ4n) is 3.80. The number of urea groups is 1. The van der Waals surface area contributed by atoms with E-state index in [-0.39, 0.29) is 23.2 Å². The molecule has 1 aliphatic carbocycles. The van der Waals surface area contributed by atoms with Gasteiger partial charge in [-0.25, -0.2) is 22.5 Å². The van der Waals surface area contributed by atoms with Crippen LogP contribution in [0.1, 0.15) is 19.3 Å². The highest BCUT2D eigenvalue weighted by Gasteiger charge is 2.55. The van der Waals surface area contributed by atoms with Gasteiger partial charge in [-0.3, -0.25) is 10.1 Å². The number of aliphatic carboxylic acids is 1. The van der Waals surface area contributed by atoms with E-state index in [1.807, 2.05) is 0 Å². The molecule has 9 nitrogen and oxygen atoms in total. The van der Waals surface area contributed by atoms with Crippen LogP contribution in [0.3, 0.4) is 0 Å². The second-order valence-electron chi connectivity index (χ2n) is 7.03. The predicted octanol–water partition coefficient (Wildman–Crippen LogP) is 1.05. The molecule has 10 heteroatoms. The van der Waals surface area contributed by atoms with E-state index < -0.39 is 27.4 Å². The van der Waals surface area contributed by atoms with Crippen LogP contribution in [0.4, 0.5) is 10.6 Å². The average molecular weight is 382 g/mol. The first-order valence-electron chi connectivity index (χ1n) is 8.35. The van der Waals surface area contributed by atoms with Crippen molar-refractivity contribution in [2.24, 2.45) is 11.3 Å². The summed E-state index contributed by atoms with van der Waals surface area (Å²) in [5.41, 5.74) is -0.839. The zero-order valence-electron chi connectivity index (χ0n) is 14.7. The summed E-state index contributed by atoms with van der Waals surface area (Å²) in [7, 11) is -0.735. The van der Waals surface area contributed by atoms with E-state index in [1.54, 1.807) is 0 Å². The zero-order chi connectivity index (χ0) is 19.1. The lowest BCUT2D eigenvalue weighted by atomic mass is 9.81. The van der Waals surface area contributed by atoms with Crippen molar-refractivity contribution in [2.45, 2.75) is 24.2 Å². The largest absolute Gasteiger partial charge is 0.481 e. The van der Waals surface area contributed by atoms with Gasteiger partial charge in [-0.2, -0.15) is 0 Å². The van der Waals surface area contributed by atoms with Crippen molar-refractivity contribution >= 4 is 27.8 Å². The number of carbonyl (C=O) groups excluding carboxylic acids is 1. The minimum absolute atomic E-state index is 0.0219. The van der Waals surface area contributed by atoms with Gasteiger partial charge in [-0.05, 0) is 30.9 Å². The molecule has 2 heterocycles. The molecule has 2 fully saturated rings. The summed E-state index contributed by atoms with van der Waals surface area (Å²) in [5, 5.41) is 12.2. The van der Waals surface area contributed by atoms with Gasteiger partial charge in [0, 0.05) is 33.4 Å². The van der Waals surface area contributed by atoms with Gasteiger partial charge >= 0.3 is 12.0 Å². The number of hydrogen-bond donors (Lipinski definition) is 2. The molecule has 2 aliphatic rings. The topological polar surface area (TPSA) is 120 Å². The summed E-state index contributed by atoms with van der Waals surface area (Å²) in [4.78, 5) is 29.7. The molecule has 142 valence electrons. The SMILES string of the molecule is CN(C)S(=O)(=O)c1ccc(NC(=O)N2C[C@@H]3CCC[C@@]3(C(=O)O)C2)nc1. The number of aromatic nitrogens is 1. The molecule has 2 atom stereocenters. The van der Waals surface area contributed by atoms with E-state index in [0.717, 1.165) is 17.1 Å². The Morgan fingerprint density at radius 2 is 2.12 bits per heavy atom. The number of anilines is 1. The van der Waals surface area contributed by atoms with Gasteiger partial charge in [0.15, 0.2) is 0 Å². The Balaban J connectivity index is 1.69. The van der Waals surface area contributed by atoms with Gasteiger partial charge in [0.2, 0.25) is 10.0 Å². The van der Waals surface area contributed by atoms with Crippen molar-refractivity contribution in [1.82, 2.24) is 14.2 Å². The van der Waals surface area contributed by atoms with Crippen molar-refractivity contribution in [3.63, 3.8) is 0 Å². The fourth-order valence-corrected chi connectivity index (χ4v) is 4.65. The number of carbonyl (C=O) groups is 2. The van der Waals surface area contributed by atoms with E-state index in [9.17, 15) is 23.1 Å². The molecule has 1 saturated carbocycles. The van der Waals surface area contributed by atoms with Gasteiger partial charge in [0.1, 0.15) is 10.7 Å². The lowest BCUT2D eigenvalue weighted by molar-refractivity contribution is -0.149. The van der Waals surface area contributed by atoms with Gasteiger partial charge in [-0.15, -0.1) is 0 Å². The highest BCUT2D eigenvalue weighted by molar-refractivity contribution is 7.89. The fraction of sp³-hybridized carbons (Fsp3) is 0.562. The quantitative estimate of drug-likeness (QED) is 0.803. The second kappa shape index (κ2) is 6.51. The van der Waals surface area contributed by atoms with Crippen LogP contribution in [0.5, 0.6) is 0 Å². The number of amides is 2. The Kier molecular flexibility index (Phi) is 4.65. The molecule has 26 heavy (non-hydrogen) atoms. The van der Waals surface area contributed by atoms with Crippen LogP contribution in [0.15, 0.2) is 23.2 Å². The average Bonchev–Trinajstić information content (AvgIpc) is 3.13. The van der Waals surface area contributed by atoms with Crippen molar-refractivity contribution < 1.29 is 23.1 Å². The van der Waals surface area contributed by atoms with Crippen molar-refractivity contribution in [3.8, 4) is 0 Å². The normalized spacial score (nSPS) is 25.3. The minimum atomic E-state index is -3.58. The standard InChI is InChI=1S/C16H22N4O5S/c1-19(2)26(24,25)12-5-6-13(17-8-12)18-15(23)20-9-11-4-3-7-16(11,10-20)14(21)22/h5-6,8,11H,3-4,7,9-10H2,1-2H3,(H,21,22)(H,17,18,23)/t11-,16+/m0/s1. The van der Waals surface area contributed by atoms with E-state index in [0.29, 0.717) is 13.0 Å². The van der Waals surface area contributed by atoms with E-state index in [2.05, 4.69) is 10.3 Å². The maximum atomic E-state index is 12.5. The summed E-state index contributed by atoms with van der Waals surface area (Å²) in [6.07, 6.45) is 3.45. The third-order valence-electron chi connectivity index (χ3n) is 5.33. The molecule has 0 aromatic carbocycles. The van der Waals surface area contributed by atoms with Gasteiger partial charge in [0.05, 0.1) is 5.41 Å². The van der Waals surface area contributed by atoms with Crippen LogP contribution < -0.4 is 5.32 Å². The number of hydrogen-bond acceptors (Lipinski definition) is 5. The molecule has 1 aromatic rings. The summed E-state index contributed by atoms with van der Waals surface area (Å²) in [6.45, 7) is 0.594. The number of likely N-dealkylation sites (tertiary alicyclic amines) is 1. The van der Waals surface area contributed by atoms with Gasteiger partial charge in [0.25, 0.3) is 0 Å². The summed E-state index contributed by atoms with van der Waals surface area (Å²) in [6, 6.07) is 2.36. The first-order valence-corrected chi connectivity index (χ1v) is 9.79. The van der Waals surface area contributed by atoms with E-state index >= 15 is 0 Å². The minimum Gasteiger partial charge on any atom is -0.481 e. The number of pyridine rings is 1. The number of nitrogens with zero attached hydrogens (tertiary/aromatic N) is 3. The van der Waals surface area contributed by atoms with E-state index in [4.69, 9.17) is 0 Å².